The van der Waals surface area contributed by atoms with Gasteiger partial charge in [-0.05, 0) is 32.7 Å². The maximum atomic E-state index is 10.7. The lowest BCUT2D eigenvalue weighted by molar-refractivity contribution is -0.119. The smallest absolute Gasteiger partial charge is 0.217 e. The predicted octanol–water partition coefficient (Wildman–Crippen LogP) is 0.653. The van der Waals surface area contributed by atoms with Gasteiger partial charge < -0.3 is 10.6 Å². The van der Waals surface area contributed by atoms with Crippen LogP contribution in [-0.4, -0.2) is 24.5 Å². The van der Waals surface area contributed by atoms with Crippen molar-refractivity contribution in [1.82, 2.24) is 10.6 Å². The Labute approximate surface area is 73.9 Å². The van der Waals surface area contributed by atoms with Gasteiger partial charge in [0.1, 0.15) is 0 Å². The lowest BCUT2D eigenvalue weighted by Crippen LogP contribution is -2.36. The Morgan fingerprint density at radius 2 is 2.50 bits per heavy atom. The van der Waals surface area contributed by atoms with Crippen molar-refractivity contribution in [3.63, 3.8) is 0 Å². The lowest BCUT2D eigenvalue weighted by Gasteiger charge is -2.17. The summed E-state index contributed by atoms with van der Waals surface area (Å²) in [6.07, 6.45) is 3.58. The summed E-state index contributed by atoms with van der Waals surface area (Å²) in [5.41, 5.74) is 0. The molecule has 1 saturated heterocycles. The van der Waals surface area contributed by atoms with Crippen LogP contribution in [0.5, 0.6) is 0 Å². The fourth-order valence-corrected chi connectivity index (χ4v) is 1.79. The fourth-order valence-electron chi connectivity index (χ4n) is 1.79. The summed E-state index contributed by atoms with van der Waals surface area (Å²) in [7, 11) is 0. The Balaban J connectivity index is 2.16. The van der Waals surface area contributed by atoms with Crippen LogP contribution in [0.15, 0.2) is 0 Å². The average molecular weight is 170 g/mol. The third kappa shape index (κ3) is 3.22. The Bertz CT molecular complexity index is 153. The summed E-state index contributed by atoms with van der Waals surface area (Å²) in [4.78, 5) is 10.7. The second-order valence-corrected chi connectivity index (χ2v) is 3.63. The minimum absolute atomic E-state index is 0.0699. The molecule has 70 valence electrons. The lowest BCUT2D eigenvalue weighted by atomic mass is 10.1. The zero-order valence-electron chi connectivity index (χ0n) is 7.89. The third-order valence-corrected chi connectivity index (χ3v) is 2.25. The highest BCUT2D eigenvalue weighted by Gasteiger charge is 2.16. The van der Waals surface area contributed by atoms with E-state index in [0.29, 0.717) is 12.1 Å². The predicted molar refractivity (Wildman–Crippen MR) is 48.9 cm³/mol. The molecule has 0 aliphatic carbocycles. The number of hydrogen-bond donors (Lipinski definition) is 2. The van der Waals surface area contributed by atoms with Crippen molar-refractivity contribution >= 4 is 5.91 Å². The molecule has 2 unspecified atom stereocenters. The molecular weight excluding hydrogens is 152 g/mol. The number of rotatable bonds is 3. The van der Waals surface area contributed by atoms with Crippen molar-refractivity contribution in [3.8, 4) is 0 Å². The van der Waals surface area contributed by atoms with Gasteiger partial charge in [0.15, 0.2) is 0 Å². The average Bonchev–Trinajstić information content (AvgIpc) is 2.37. The highest BCUT2D eigenvalue weighted by molar-refractivity contribution is 5.73. The minimum atomic E-state index is 0.0699. The molecule has 0 bridgehead atoms. The molecule has 1 fully saturated rings. The first-order chi connectivity index (χ1) is 5.68. The van der Waals surface area contributed by atoms with E-state index >= 15 is 0 Å². The number of nitrogens with one attached hydrogen (secondary N) is 2. The van der Waals surface area contributed by atoms with E-state index in [1.807, 2.05) is 0 Å². The van der Waals surface area contributed by atoms with E-state index in [4.69, 9.17) is 0 Å². The maximum absolute atomic E-state index is 10.7. The molecule has 0 saturated carbocycles. The first-order valence-corrected chi connectivity index (χ1v) is 4.69. The van der Waals surface area contributed by atoms with Crippen molar-refractivity contribution in [2.75, 3.05) is 6.54 Å². The van der Waals surface area contributed by atoms with Crippen molar-refractivity contribution in [2.24, 2.45) is 0 Å². The molecule has 1 aliphatic heterocycles. The molecule has 3 heteroatoms. The van der Waals surface area contributed by atoms with E-state index in [9.17, 15) is 4.79 Å². The Hall–Kier alpha value is -0.570. The van der Waals surface area contributed by atoms with Crippen molar-refractivity contribution < 1.29 is 4.79 Å². The molecular formula is C9H18N2O. The van der Waals surface area contributed by atoms with E-state index in [2.05, 4.69) is 17.6 Å². The quantitative estimate of drug-likeness (QED) is 0.653. The highest BCUT2D eigenvalue weighted by atomic mass is 16.1. The first-order valence-electron chi connectivity index (χ1n) is 4.69. The van der Waals surface area contributed by atoms with E-state index < -0.39 is 0 Å². The third-order valence-electron chi connectivity index (χ3n) is 2.25. The van der Waals surface area contributed by atoms with Gasteiger partial charge in [-0.15, -0.1) is 0 Å². The van der Waals surface area contributed by atoms with Gasteiger partial charge in [0.05, 0.1) is 0 Å². The summed E-state index contributed by atoms with van der Waals surface area (Å²) in [5.74, 6) is 0.0699. The zero-order chi connectivity index (χ0) is 8.97. The second-order valence-electron chi connectivity index (χ2n) is 3.63. The number of amides is 1. The molecule has 0 aromatic heterocycles. The Morgan fingerprint density at radius 3 is 3.00 bits per heavy atom. The van der Waals surface area contributed by atoms with E-state index in [0.717, 1.165) is 13.0 Å². The van der Waals surface area contributed by atoms with E-state index in [1.54, 1.807) is 6.92 Å². The van der Waals surface area contributed by atoms with Gasteiger partial charge in [0.25, 0.3) is 0 Å². The monoisotopic (exact) mass is 170 g/mol. The highest BCUT2D eigenvalue weighted by Crippen LogP contribution is 2.10. The molecule has 1 heterocycles. The molecule has 1 rings (SSSR count). The van der Waals surface area contributed by atoms with Crippen LogP contribution in [0, 0.1) is 0 Å². The summed E-state index contributed by atoms with van der Waals surface area (Å²) < 4.78 is 0. The zero-order valence-corrected chi connectivity index (χ0v) is 7.89. The molecule has 0 aromatic rings. The van der Waals surface area contributed by atoms with Crippen LogP contribution in [0.4, 0.5) is 0 Å². The van der Waals surface area contributed by atoms with Crippen LogP contribution >= 0.6 is 0 Å². The first kappa shape index (κ1) is 9.52. The Kier molecular flexibility index (Phi) is 3.53. The molecule has 0 spiro atoms. The van der Waals surface area contributed by atoms with Gasteiger partial charge in [-0.3, -0.25) is 4.79 Å². The maximum Gasteiger partial charge on any atom is 0.217 e. The molecule has 2 atom stereocenters. The van der Waals surface area contributed by atoms with Gasteiger partial charge in [-0.2, -0.15) is 0 Å². The van der Waals surface area contributed by atoms with Crippen LogP contribution in [0.3, 0.4) is 0 Å². The molecule has 12 heavy (non-hydrogen) atoms. The van der Waals surface area contributed by atoms with Gasteiger partial charge in [0, 0.05) is 19.0 Å². The van der Waals surface area contributed by atoms with Crippen molar-refractivity contribution in [2.45, 2.75) is 45.2 Å². The number of carbonyl (C=O) groups is 1. The van der Waals surface area contributed by atoms with Gasteiger partial charge in [0.2, 0.25) is 5.91 Å². The topological polar surface area (TPSA) is 41.1 Å². The van der Waals surface area contributed by atoms with E-state index in [-0.39, 0.29) is 5.91 Å². The van der Waals surface area contributed by atoms with Crippen LogP contribution in [0.2, 0.25) is 0 Å². The van der Waals surface area contributed by atoms with Crippen LogP contribution < -0.4 is 10.6 Å². The molecule has 1 aliphatic rings. The molecule has 0 radical (unpaired) electrons. The molecule has 0 aromatic carbocycles. The van der Waals surface area contributed by atoms with Crippen LogP contribution in [-0.2, 0) is 4.79 Å². The normalized spacial score (nSPS) is 25.3. The summed E-state index contributed by atoms with van der Waals surface area (Å²) in [6.45, 7) is 4.76. The number of hydrogen-bond acceptors (Lipinski definition) is 2. The van der Waals surface area contributed by atoms with Gasteiger partial charge >= 0.3 is 0 Å². The summed E-state index contributed by atoms with van der Waals surface area (Å²) in [6, 6.07) is 0.921. The van der Waals surface area contributed by atoms with Crippen LogP contribution in [0.25, 0.3) is 0 Å². The summed E-state index contributed by atoms with van der Waals surface area (Å²) >= 11 is 0. The Morgan fingerprint density at radius 1 is 1.75 bits per heavy atom. The molecule has 3 nitrogen and oxygen atoms in total. The SMILES string of the molecule is CC(=O)NC(C)CC1CCCN1. The fraction of sp³-hybridized carbons (Fsp3) is 0.889. The number of carbonyl (C=O) groups excluding carboxylic acids is 1. The second kappa shape index (κ2) is 4.45. The van der Waals surface area contributed by atoms with Gasteiger partial charge in [-0.25, -0.2) is 0 Å². The summed E-state index contributed by atoms with van der Waals surface area (Å²) in [5, 5.41) is 6.30. The van der Waals surface area contributed by atoms with Crippen molar-refractivity contribution in [1.29, 1.82) is 0 Å². The van der Waals surface area contributed by atoms with Crippen LogP contribution in [0.1, 0.15) is 33.1 Å². The van der Waals surface area contributed by atoms with Gasteiger partial charge in [-0.1, -0.05) is 0 Å². The van der Waals surface area contributed by atoms with Crippen molar-refractivity contribution in [3.05, 3.63) is 0 Å². The minimum Gasteiger partial charge on any atom is -0.354 e. The molecule has 2 N–H and O–H groups in total. The largest absolute Gasteiger partial charge is 0.354 e. The molecule has 1 amide bonds. The standard InChI is InChI=1S/C9H18N2O/c1-7(11-8(2)12)6-9-4-3-5-10-9/h7,9-10H,3-6H2,1-2H3,(H,11,12). The van der Waals surface area contributed by atoms with E-state index in [1.165, 1.54) is 12.8 Å².